The fraction of sp³-hybridized carbons (Fsp3) is 0.200. The molecule has 2 rings (SSSR count). The van der Waals surface area contributed by atoms with Gasteiger partial charge in [0.25, 0.3) is 0 Å². The summed E-state index contributed by atoms with van der Waals surface area (Å²) in [5.74, 6) is 0.573. The maximum absolute atomic E-state index is 5.27. The number of aromatic nitrogens is 1. The van der Waals surface area contributed by atoms with E-state index in [9.17, 15) is 0 Å². The van der Waals surface area contributed by atoms with Crippen LogP contribution in [0.4, 0.5) is 11.4 Å². The Morgan fingerprint density at radius 3 is 2.35 bits per heavy atom. The van der Waals surface area contributed by atoms with Gasteiger partial charge in [0.15, 0.2) is 5.11 Å². The van der Waals surface area contributed by atoms with Crippen molar-refractivity contribution < 1.29 is 4.74 Å². The molecule has 2 N–H and O–H groups in total. The average Bonchev–Trinajstić information content (AvgIpc) is 2.44. The van der Waals surface area contributed by atoms with E-state index in [1.807, 2.05) is 12.1 Å². The van der Waals surface area contributed by atoms with Crippen molar-refractivity contribution in [1.29, 1.82) is 0 Å². The number of aryl methyl sites for hydroxylation is 2. The number of benzene rings is 1. The highest BCUT2D eigenvalue weighted by atomic mass is 32.1. The number of thiocarbonyl (C=S) groups is 1. The Kier molecular flexibility index (Phi) is 4.53. The van der Waals surface area contributed by atoms with E-state index in [4.69, 9.17) is 17.0 Å². The van der Waals surface area contributed by atoms with Crippen LogP contribution in [-0.2, 0) is 0 Å². The third-order valence-corrected chi connectivity index (χ3v) is 3.17. The van der Waals surface area contributed by atoms with Gasteiger partial charge in [-0.05, 0) is 55.4 Å². The second-order valence-electron chi connectivity index (χ2n) is 4.47. The summed E-state index contributed by atoms with van der Waals surface area (Å²) in [6.07, 6.45) is 1.67. The third-order valence-electron chi connectivity index (χ3n) is 2.97. The quantitative estimate of drug-likeness (QED) is 0.846. The summed E-state index contributed by atoms with van der Waals surface area (Å²) < 4.78 is 5.01. The zero-order valence-corrected chi connectivity index (χ0v) is 12.5. The maximum Gasteiger partial charge on any atom is 0.213 e. The van der Waals surface area contributed by atoms with Crippen molar-refractivity contribution in [1.82, 2.24) is 4.98 Å². The molecule has 0 aliphatic carbocycles. The summed E-state index contributed by atoms with van der Waals surface area (Å²) in [6, 6.07) is 9.77. The Morgan fingerprint density at radius 2 is 1.75 bits per heavy atom. The highest BCUT2D eigenvalue weighted by Crippen LogP contribution is 2.15. The molecule has 0 atom stereocenters. The summed E-state index contributed by atoms with van der Waals surface area (Å²) in [5, 5.41) is 6.75. The number of nitrogens with zero attached hydrogens (tertiary/aromatic N) is 1. The zero-order chi connectivity index (χ0) is 14.5. The van der Waals surface area contributed by atoms with Gasteiger partial charge in [-0.2, -0.15) is 0 Å². The molecule has 0 bridgehead atoms. The summed E-state index contributed by atoms with van der Waals surface area (Å²) in [5.41, 5.74) is 4.26. The van der Waals surface area contributed by atoms with Crippen LogP contribution in [0.1, 0.15) is 11.1 Å². The van der Waals surface area contributed by atoms with Gasteiger partial charge in [-0.25, -0.2) is 4.98 Å². The predicted molar refractivity (Wildman–Crippen MR) is 86.5 cm³/mol. The van der Waals surface area contributed by atoms with Crippen molar-refractivity contribution in [2.75, 3.05) is 17.7 Å². The Hall–Kier alpha value is -2.14. The van der Waals surface area contributed by atoms with Gasteiger partial charge in [-0.3, -0.25) is 0 Å². The third kappa shape index (κ3) is 3.68. The lowest BCUT2D eigenvalue weighted by Crippen LogP contribution is -2.19. The first-order chi connectivity index (χ1) is 9.58. The van der Waals surface area contributed by atoms with Gasteiger partial charge >= 0.3 is 0 Å². The lowest BCUT2D eigenvalue weighted by molar-refractivity contribution is 0.398. The standard InChI is InChI=1S/C15H17N3OS/c1-10-4-5-12(8-11(10)2)17-15(20)18-13-6-7-14(19-3)16-9-13/h4-9H,1-3H3,(H2,17,18,20). The fourth-order valence-electron chi connectivity index (χ4n) is 1.69. The molecule has 1 aromatic carbocycles. The van der Waals surface area contributed by atoms with Crippen LogP contribution in [0.3, 0.4) is 0 Å². The topological polar surface area (TPSA) is 46.2 Å². The molecule has 0 saturated heterocycles. The molecular weight excluding hydrogens is 270 g/mol. The molecule has 0 saturated carbocycles. The molecular formula is C15H17N3OS. The van der Waals surface area contributed by atoms with E-state index in [1.54, 1.807) is 19.4 Å². The number of methoxy groups -OCH3 is 1. The van der Waals surface area contributed by atoms with Crippen LogP contribution in [0.5, 0.6) is 5.88 Å². The molecule has 4 nitrogen and oxygen atoms in total. The minimum atomic E-state index is 0.528. The van der Waals surface area contributed by atoms with Gasteiger partial charge in [0, 0.05) is 11.8 Å². The van der Waals surface area contributed by atoms with Gasteiger partial charge in [0.1, 0.15) is 0 Å². The van der Waals surface area contributed by atoms with E-state index in [-0.39, 0.29) is 0 Å². The van der Waals surface area contributed by atoms with Crippen molar-refractivity contribution in [3.8, 4) is 5.88 Å². The summed E-state index contributed by atoms with van der Waals surface area (Å²) >= 11 is 5.27. The van der Waals surface area contributed by atoms with E-state index >= 15 is 0 Å². The maximum atomic E-state index is 5.27. The lowest BCUT2D eigenvalue weighted by atomic mass is 10.1. The van der Waals surface area contributed by atoms with Crippen molar-refractivity contribution in [2.45, 2.75) is 13.8 Å². The molecule has 2 aromatic rings. The number of hydrogen-bond donors (Lipinski definition) is 2. The summed E-state index contributed by atoms with van der Waals surface area (Å²) in [7, 11) is 1.58. The first-order valence-corrected chi connectivity index (χ1v) is 6.64. The van der Waals surface area contributed by atoms with E-state index in [0.717, 1.165) is 11.4 Å². The lowest BCUT2D eigenvalue weighted by Gasteiger charge is -2.11. The first-order valence-electron chi connectivity index (χ1n) is 6.24. The SMILES string of the molecule is COc1ccc(NC(=S)Nc2ccc(C)c(C)c2)cn1. The van der Waals surface area contributed by atoms with Crippen LogP contribution in [0.15, 0.2) is 36.5 Å². The molecule has 104 valence electrons. The molecule has 20 heavy (non-hydrogen) atoms. The minimum absolute atomic E-state index is 0.528. The van der Waals surface area contributed by atoms with Crippen LogP contribution >= 0.6 is 12.2 Å². The van der Waals surface area contributed by atoms with E-state index in [2.05, 4.69) is 41.6 Å². The average molecular weight is 287 g/mol. The largest absolute Gasteiger partial charge is 0.481 e. The van der Waals surface area contributed by atoms with Crippen molar-refractivity contribution in [3.63, 3.8) is 0 Å². The molecule has 1 heterocycles. The van der Waals surface area contributed by atoms with Gasteiger partial charge in [0.05, 0.1) is 19.0 Å². The monoisotopic (exact) mass is 287 g/mol. The summed E-state index contributed by atoms with van der Waals surface area (Å²) in [4.78, 5) is 4.11. The van der Waals surface area contributed by atoms with Gasteiger partial charge in [0.2, 0.25) is 5.88 Å². The van der Waals surface area contributed by atoms with Crippen molar-refractivity contribution in [3.05, 3.63) is 47.7 Å². The molecule has 0 amide bonds. The van der Waals surface area contributed by atoms with Crippen molar-refractivity contribution >= 4 is 28.7 Å². The predicted octanol–water partition coefficient (Wildman–Crippen LogP) is 3.52. The highest BCUT2D eigenvalue weighted by molar-refractivity contribution is 7.80. The molecule has 0 aliphatic rings. The fourth-order valence-corrected chi connectivity index (χ4v) is 1.92. The van der Waals surface area contributed by atoms with Crippen LogP contribution in [0.25, 0.3) is 0 Å². The van der Waals surface area contributed by atoms with Gasteiger partial charge in [-0.1, -0.05) is 6.07 Å². The molecule has 5 heteroatoms. The molecule has 0 unspecified atom stereocenters. The number of anilines is 2. The summed E-state index contributed by atoms with van der Waals surface area (Å²) in [6.45, 7) is 4.16. The second-order valence-corrected chi connectivity index (χ2v) is 4.88. The Bertz CT molecular complexity index is 611. The van der Waals surface area contributed by atoms with E-state index in [1.165, 1.54) is 11.1 Å². The molecule has 1 aromatic heterocycles. The number of ether oxygens (including phenoxy) is 1. The second kappa shape index (κ2) is 6.34. The van der Waals surface area contributed by atoms with E-state index < -0.39 is 0 Å². The van der Waals surface area contributed by atoms with Crippen LogP contribution in [0, 0.1) is 13.8 Å². The van der Waals surface area contributed by atoms with E-state index in [0.29, 0.717) is 11.0 Å². The van der Waals surface area contributed by atoms with Crippen LogP contribution in [-0.4, -0.2) is 17.2 Å². The number of pyridine rings is 1. The zero-order valence-electron chi connectivity index (χ0n) is 11.7. The number of nitrogens with one attached hydrogen (secondary N) is 2. The van der Waals surface area contributed by atoms with Crippen LogP contribution in [0.2, 0.25) is 0 Å². The van der Waals surface area contributed by atoms with Gasteiger partial charge < -0.3 is 15.4 Å². The Labute approximate surface area is 124 Å². The first kappa shape index (κ1) is 14.3. The molecule has 0 spiro atoms. The molecule has 0 fully saturated rings. The Balaban J connectivity index is 1.99. The highest BCUT2D eigenvalue weighted by Gasteiger charge is 2.01. The minimum Gasteiger partial charge on any atom is -0.481 e. The van der Waals surface area contributed by atoms with Crippen LogP contribution < -0.4 is 15.4 Å². The molecule has 0 aliphatic heterocycles. The normalized spacial score (nSPS) is 9.95. The molecule has 0 radical (unpaired) electrons. The number of rotatable bonds is 3. The number of hydrogen-bond acceptors (Lipinski definition) is 3. The Morgan fingerprint density at radius 1 is 1.05 bits per heavy atom. The van der Waals surface area contributed by atoms with Crippen molar-refractivity contribution in [2.24, 2.45) is 0 Å². The van der Waals surface area contributed by atoms with Gasteiger partial charge in [-0.15, -0.1) is 0 Å². The smallest absolute Gasteiger partial charge is 0.213 e.